The maximum Gasteiger partial charge on any atom is 0.410 e. The maximum atomic E-state index is 12.2. The Bertz CT molecular complexity index is 584. The van der Waals surface area contributed by atoms with Gasteiger partial charge in [0.05, 0.1) is 12.4 Å². The summed E-state index contributed by atoms with van der Waals surface area (Å²) in [4.78, 5) is 24.5. The molecule has 2 aliphatic heterocycles. The van der Waals surface area contributed by atoms with Crippen LogP contribution in [-0.2, 0) is 4.74 Å². The van der Waals surface area contributed by atoms with Crippen LogP contribution in [0, 0.1) is 5.41 Å². The molecule has 0 radical (unpaired) electrons. The van der Waals surface area contributed by atoms with Crippen LogP contribution in [0.2, 0.25) is 0 Å². The fraction of sp³-hybridized carbons (Fsp3) is 0.688. The highest BCUT2D eigenvalue weighted by Gasteiger charge is 2.46. The number of amides is 1. The topological polar surface area (TPSA) is 78.8 Å². The lowest BCUT2D eigenvalue weighted by molar-refractivity contribution is 0.0276. The Morgan fingerprint density at radius 1 is 1.22 bits per heavy atom. The van der Waals surface area contributed by atoms with Crippen LogP contribution in [0.3, 0.4) is 0 Å². The lowest BCUT2D eigenvalue weighted by Gasteiger charge is -2.27. The van der Waals surface area contributed by atoms with Gasteiger partial charge in [-0.05, 0) is 33.6 Å². The van der Waals surface area contributed by atoms with Crippen molar-refractivity contribution in [3.8, 4) is 5.75 Å². The number of nitrogens with zero attached hydrogens (tertiary/aromatic N) is 4. The molecule has 3 rings (SSSR count). The van der Waals surface area contributed by atoms with E-state index >= 15 is 0 Å². The van der Waals surface area contributed by atoms with E-state index in [9.17, 15) is 9.90 Å². The average Bonchev–Trinajstić information content (AvgIpc) is 3.06. The number of anilines is 1. The Morgan fingerprint density at radius 2 is 1.87 bits per heavy atom. The van der Waals surface area contributed by atoms with E-state index in [1.807, 2.05) is 25.7 Å². The van der Waals surface area contributed by atoms with Gasteiger partial charge in [0.15, 0.2) is 5.75 Å². The first-order valence-electron chi connectivity index (χ1n) is 8.00. The van der Waals surface area contributed by atoms with Crippen LogP contribution in [0.15, 0.2) is 12.4 Å². The zero-order valence-corrected chi connectivity index (χ0v) is 13.9. The lowest BCUT2D eigenvalue weighted by atomic mass is 9.86. The molecule has 0 aromatic carbocycles. The second kappa shape index (κ2) is 5.54. The monoisotopic (exact) mass is 320 g/mol. The van der Waals surface area contributed by atoms with Gasteiger partial charge in [0.1, 0.15) is 5.60 Å². The zero-order chi connectivity index (χ0) is 16.7. The predicted octanol–water partition coefficient (Wildman–Crippen LogP) is 2.02. The fourth-order valence-electron chi connectivity index (χ4n) is 3.33. The Morgan fingerprint density at radius 3 is 2.52 bits per heavy atom. The fourth-order valence-corrected chi connectivity index (χ4v) is 3.33. The molecule has 7 nitrogen and oxygen atoms in total. The van der Waals surface area contributed by atoms with Crippen molar-refractivity contribution in [3.63, 3.8) is 0 Å². The first-order chi connectivity index (χ1) is 10.8. The summed E-state index contributed by atoms with van der Waals surface area (Å²) < 4.78 is 5.47. The van der Waals surface area contributed by atoms with Crippen molar-refractivity contribution in [3.05, 3.63) is 12.4 Å². The van der Waals surface area contributed by atoms with Gasteiger partial charge in [0.25, 0.3) is 0 Å². The minimum atomic E-state index is -0.464. The number of hydrogen-bond donors (Lipinski definition) is 1. The molecule has 7 heteroatoms. The molecule has 1 atom stereocenters. The Labute approximate surface area is 136 Å². The molecule has 1 unspecified atom stereocenters. The molecule has 3 heterocycles. The number of ether oxygens (including phenoxy) is 1. The second-order valence-corrected chi connectivity index (χ2v) is 7.56. The largest absolute Gasteiger partial charge is 0.505 e. The van der Waals surface area contributed by atoms with Gasteiger partial charge in [0, 0.05) is 31.6 Å². The maximum absolute atomic E-state index is 12.2. The van der Waals surface area contributed by atoms with Crippen LogP contribution >= 0.6 is 0 Å². The highest BCUT2D eigenvalue weighted by molar-refractivity contribution is 5.68. The standard InChI is InChI=1S/C16H24N4O3/c1-15(2,3)23-14(22)20-7-5-16(11-20)4-6-19(10-16)13-17-8-12(21)9-18-13/h8-9,21H,4-7,10-11H2,1-3H3. The minimum absolute atomic E-state index is 0.0691. The van der Waals surface area contributed by atoms with Gasteiger partial charge in [-0.3, -0.25) is 0 Å². The highest BCUT2D eigenvalue weighted by atomic mass is 16.6. The van der Waals surface area contributed by atoms with Gasteiger partial charge in [-0.2, -0.15) is 0 Å². The van der Waals surface area contributed by atoms with Crippen molar-refractivity contribution >= 4 is 12.0 Å². The van der Waals surface area contributed by atoms with Crippen molar-refractivity contribution < 1.29 is 14.6 Å². The van der Waals surface area contributed by atoms with Crippen molar-refractivity contribution in [1.82, 2.24) is 14.9 Å². The third-order valence-corrected chi connectivity index (χ3v) is 4.44. The third kappa shape index (κ3) is 3.48. The van der Waals surface area contributed by atoms with Gasteiger partial charge in [-0.25, -0.2) is 14.8 Å². The van der Waals surface area contributed by atoms with Gasteiger partial charge in [-0.15, -0.1) is 0 Å². The number of carbonyl (C=O) groups excluding carboxylic acids is 1. The highest BCUT2D eigenvalue weighted by Crippen LogP contribution is 2.40. The summed E-state index contributed by atoms with van der Waals surface area (Å²) in [6, 6.07) is 0. The van der Waals surface area contributed by atoms with Gasteiger partial charge >= 0.3 is 6.09 Å². The Balaban J connectivity index is 1.62. The van der Waals surface area contributed by atoms with Crippen LogP contribution in [0.4, 0.5) is 10.7 Å². The molecule has 2 fully saturated rings. The van der Waals surface area contributed by atoms with Crippen molar-refractivity contribution in [2.75, 3.05) is 31.1 Å². The quantitative estimate of drug-likeness (QED) is 0.853. The molecule has 0 bridgehead atoms. The van der Waals surface area contributed by atoms with Crippen LogP contribution < -0.4 is 4.90 Å². The molecule has 0 saturated carbocycles. The molecule has 2 aliphatic rings. The predicted molar refractivity (Wildman–Crippen MR) is 85.4 cm³/mol. The summed E-state index contributed by atoms with van der Waals surface area (Å²) in [5.74, 6) is 0.704. The molecular formula is C16H24N4O3. The van der Waals surface area contributed by atoms with Crippen LogP contribution in [0.5, 0.6) is 5.75 Å². The van der Waals surface area contributed by atoms with Crippen molar-refractivity contribution in [2.24, 2.45) is 5.41 Å². The van der Waals surface area contributed by atoms with E-state index in [1.165, 1.54) is 12.4 Å². The van der Waals surface area contributed by atoms with Gasteiger partial charge in [-0.1, -0.05) is 0 Å². The first kappa shape index (κ1) is 15.8. The van der Waals surface area contributed by atoms with Crippen LogP contribution in [0.25, 0.3) is 0 Å². The summed E-state index contributed by atoms with van der Waals surface area (Å²) in [5.41, 5.74) is -0.368. The molecule has 1 aromatic rings. The van der Waals surface area contributed by atoms with Gasteiger partial charge < -0.3 is 19.6 Å². The number of likely N-dealkylation sites (tertiary alicyclic amines) is 1. The van der Waals surface area contributed by atoms with E-state index in [1.54, 1.807) is 0 Å². The molecular weight excluding hydrogens is 296 g/mol. The lowest BCUT2D eigenvalue weighted by Crippen LogP contribution is -2.37. The third-order valence-electron chi connectivity index (χ3n) is 4.44. The van der Waals surface area contributed by atoms with E-state index in [-0.39, 0.29) is 17.3 Å². The van der Waals surface area contributed by atoms with Crippen LogP contribution in [0.1, 0.15) is 33.6 Å². The molecule has 1 amide bonds. The SMILES string of the molecule is CC(C)(C)OC(=O)N1CCC2(CCN(c3ncc(O)cn3)C2)C1. The smallest absolute Gasteiger partial charge is 0.410 e. The van der Waals surface area contributed by atoms with E-state index in [0.717, 1.165) is 39.0 Å². The Kier molecular flexibility index (Phi) is 3.82. The summed E-state index contributed by atoms with van der Waals surface area (Å²) >= 11 is 0. The number of rotatable bonds is 1. The van der Waals surface area contributed by atoms with E-state index in [2.05, 4.69) is 14.9 Å². The number of hydrogen-bond acceptors (Lipinski definition) is 6. The normalized spacial score (nSPS) is 24.5. The van der Waals surface area contributed by atoms with Crippen molar-refractivity contribution in [2.45, 2.75) is 39.2 Å². The second-order valence-electron chi connectivity index (χ2n) is 7.56. The average molecular weight is 320 g/mol. The van der Waals surface area contributed by atoms with E-state index < -0.39 is 5.60 Å². The molecule has 126 valence electrons. The van der Waals surface area contributed by atoms with Crippen molar-refractivity contribution in [1.29, 1.82) is 0 Å². The Hall–Kier alpha value is -2.05. The summed E-state index contributed by atoms with van der Waals surface area (Å²) in [5, 5.41) is 9.29. The molecule has 1 spiro atoms. The first-order valence-corrected chi connectivity index (χ1v) is 8.00. The summed E-state index contributed by atoms with van der Waals surface area (Å²) in [6.45, 7) is 8.81. The summed E-state index contributed by atoms with van der Waals surface area (Å²) in [6.07, 6.45) is 4.58. The molecule has 23 heavy (non-hydrogen) atoms. The number of aromatic hydroxyl groups is 1. The molecule has 1 aromatic heterocycles. The number of carbonyl (C=O) groups is 1. The molecule has 0 aliphatic carbocycles. The van der Waals surface area contributed by atoms with E-state index in [4.69, 9.17) is 4.74 Å². The van der Waals surface area contributed by atoms with E-state index in [0.29, 0.717) is 5.95 Å². The molecule has 1 N–H and O–H groups in total. The molecule has 2 saturated heterocycles. The van der Waals surface area contributed by atoms with Gasteiger partial charge in [0.2, 0.25) is 5.95 Å². The van der Waals surface area contributed by atoms with Crippen LogP contribution in [-0.4, -0.2) is 57.8 Å². The number of aromatic nitrogens is 2. The zero-order valence-electron chi connectivity index (χ0n) is 13.9. The summed E-state index contributed by atoms with van der Waals surface area (Å²) in [7, 11) is 0. The minimum Gasteiger partial charge on any atom is -0.505 e.